The SMILES string of the molecule is CCn1cncc1C1=CCC(NC(=O)OC(C)(C)C)C1. The van der Waals surface area contributed by atoms with E-state index in [-0.39, 0.29) is 12.1 Å². The van der Waals surface area contributed by atoms with Gasteiger partial charge in [-0.15, -0.1) is 0 Å². The minimum absolute atomic E-state index is 0.111. The number of imidazole rings is 1. The van der Waals surface area contributed by atoms with Crippen LogP contribution in [0.15, 0.2) is 18.6 Å². The van der Waals surface area contributed by atoms with E-state index >= 15 is 0 Å². The topological polar surface area (TPSA) is 56.2 Å². The molecular formula is C15H23N3O2. The van der Waals surface area contributed by atoms with Gasteiger partial charge < -0.3 is 14.6 Å². The van der Waals surface area contributed by atoms with Crippen molar-refractivity contribution in [1.82, 2.24) is 14.9 Å². The van der Waals surface area contributed by atoms with Crippen molar-refractivity contribution in [2.45, 2.75) is 58.7 Å². The maximum atomic E-state index is 11.8. The molecule has 0 spiro atoms. The van der Waals surface area contributed by atoms with Crippen LogP contribution in [0.1, 0.15) is 46.2 Å². The normalized spacial score (nSPS) is 18.8. The van der Waals surface area contributed by atoms with E-state index in [1.165, 1.54) is 5.57 Å². The first kappa shape index (κ1) is 14.6. The molecule has 0 radical (unpaired) electrons. The molecule has 1 amide bonds. The molecule has 0 aromatic carbocycles. The first-order valence-electron chi connectivity index (χ1n) is 7.08. The summed E-state index contributed by atoms with van der Waals surface area (Å²) in [7, 11) is 0. The summed E-state index contributed by atoms with van der Waals surface area (Å²) < 4.78 is 7.39. The van der Waals surface area contributed by atoms with Gasteiger partial charge in [0.15, 0.2) is 0 Å². The Kier molecular flexibility index (Phi) is 4.16. The second kappa shape index (κ2) is 5.69. The average molecular weight is 277 g/mol. The van der Waals surface area contributed by atoms with E-state index < -0.39 is 5.60 Å². The largest absolute Gasteiger partial charge is 0.444 e. The van der Waals surface area contributed by atoms with Crippen molar-refractivity contribution in [2.75, 3.05) is 0 Å². The van der Waals surface area contributed by atoms with E-state index in [4.69, 9.17) is 4.74 Å². The van der Waals surface area contributed by atoms with E-state index in [1.54, 1.807) is 0 Å². The quantitative estimate of drug-likeness (QED) is 0.924. The van der Waals surface area contributed by atoms with Gasteiger partial charge >= 0.3 is 6.09 Å². The molecule has 0 bridgehead atoms. The summed E-state index contributed by atoms with van der Waals surface area (Å²) in [6.45, 7) is 8.59. The van der Waals surface area contributed by atoms with Crippen LogP contribution in [-0.4, -0.2) is 27.3 Å². The number of nitrogens with zero attached hydrogens (tertiary/aromatic N) is 2. The maximum absolute atomic E-state index is 11.8. The molecule has 1 aliphatic rings. The molecule has 1 atom stereocenters. The smallest absolute Gasteiger partial charge is 0.407 e. The predicted molar refractivity (Wildman–Crippen MR) is 78.3 cm³/mol. The first-order valence-corrected chi connectivity index (χ1v) is 7.08. The van der Waals surface area contributed by atoms with Gasteiger partial charge in [0.2, 0.25) is 0 Å². The molecule has 20 heavy (non-hydrogen) atoms. The van der Waals surface area contributed by atoms with Crippen LogP contribution in [0.5, 0.6) is 0 Å². The first-order chi connectivity index (χ1) is 9.39. The maximum Gasteiger partial charge on any atom is 0.407 e. The fourth-order valence-electron chi connectivity index (χ4n) is 2.35. The van der Waals surface area contributed by atoms with Crippen molar-refractivity contribution >= 4 is 11.7 Å². The second-order valence-corrected chi connectivity index (χ2v) is 6.08. The molecule has 1 aromatic heterocycles. The Morgan fingerprint density at radius 1 is 1.55 bits per heavy atom. The number of carbonyl (C=O) groups is 1. The van der Waals surface area contributed by atoms with Crippen molar-refractivity contribution in [3.8, 4) is 0 Å². The van der Waals surface area contributed by atoms with Crippen molar-refractivity contribution in [3.63, 3.8) is 0 Å². The molecule has 0 aliphatic heterocycles. The standard InChI is InChI=1S/C15H23N3O2/c1-5-18-10-16-9-13(18)11-6-7-12(8-11)17-14(19)20-15(2,3)4/h6,9-10,12H,5,7-8H2,1-4H3,(H,17,19). The summed E-state index contributed by atoms with van der Waals surface area (Å²) in [4.78, 5) is 15.9. The fraction of sp³-hybridized carbons (Fsp3) is 0.600. The summed E-state index contributed by atoms with van der Waals surface area (Å²) in [6, 6.07) is 0.111. The third-order valence-electron chi connectivity index (χ3n) is 3.22. The monoisotopic (exact) mass is 277 g/mol. The summed E-state index contributed by atoms with van der Waals surface area (Å²) >= 11 is 0. The second-order valence-electron chi connectivity index (χ2n) is 6.08. The summed E-state index contributed by atoms with van der Waals surface area (Å²) in [6.07, 6.45) is 7.21. The number of nitrogens with one attached hydrogen (secondary N) is 1. The van der Waals surface area contributed by atoms with Crippen molar-refractivity contribution in [1.29, 1.82) is 0 Å². The Hall–Kier alpha value is -1.78. The van der Waals surface area contributed by atoms with E-state index in [0.717, 1.165) is 25.1 Å². The highest BCUT2D eigenvalue weighted by atomic mass is 16.6. The van der Waals surface area contributed by atoms with E-state index in [0.29, 0.717) is 0 Å². The minimum atomic E-state index is -0.459. The molecule has 0 fully saturated rings. The zero-order valence-corrected chi connectivity index (χ0v) is 12.6. The van der Waals surface area contributed by atoms with Crippen LogP contribution in [0.4, 0.5) is 4.79 Å². The summed E-state index contributed by atoms with van der Waals surface area (Å²) in [5.41, 5.74) is 1.92. The molecule has 1 aliphatic carbocycles. The molecule has 0 saturated carbocycles. The number of ether oxygens (including phenoxy) is 1. The lowest BCUT2D eigenvalue weighted by Crippen LogP contribution is -2.38. The number of alkyl carbamates (subject to hydrolysis) is 1. The average Bonchev–Trinajstić information content (AvgIpc) is 2.93. The lowest BCUT2D eigenvalue weighted by atomic mass is 10.1. The van der Waals surface area contributed by atoms with Gasteiger partial charge in [-0.1, -0.05) is 6.08 Å². The van der Waals surface area contributed by atoms with Gasteiger partial charge in [-0.25, -0.2) is 9.78 Å². The predicted octanol–water partition coefficient (Wildman–Crippen LogP) is 2.97. The van der Waals surface area contributed by atoms with Crippen molar-refractivity contribution in [3.05, 3.63) is 24.3 Å². The van der Waals surface area contributed by atoms with Gasteiger partial charge in [0, 0.05) is 12.6 Å². The molecule has 0 saturated heterocycles. The van der Waals surface area contributed by atoms with Gasteiger partial charge in [0.1, 0.15) is 5.60 Å². The lowest BCUT2D eigenvalue weighted by Gasteiger charge is -2.21. The van der Waals surface area contributed by atoms with Crippen LogP contribution in [0.25, 0.3) is 5.57 Å². The van der Waals surface area contributed by atoms with Crippen LogP contribution in [0, 0.1) is 0 Å². The van der Waals surface area contributed by atoms with Gasteiger partial charge in [-0.2, -0.15) is 0 Å². The van der Waals surface area contributed by atoms with Gasteiger partial charge in [0.25, 0.3) is 0 Å². The lowest BCUT2D eigenvalue weighted by molar-refractivity contribution is 0.0507. The number of rotatable bonds is 3. The molecule has 110 valence electrons. The molecule has 2 rings (SSSR count). The minimum Gasteiger partial charge on any atom is -0.444 e. The molecule has 5 heteroatoms. The Morgan fingerprint density at radius 3 is 2.95 bits per heavy atom. The molecule has 1 heterocycles. The summed E-state index contributed by atoms with van der Waals surface area (Å²) in [5, 5.41) is 2.92. The number of carbonyl (C=O) groups excluding carboxylic acids is 1. The Bertz CT molecular complexity index is 511. The van der Waals surface area contributed by atoms with Gasteiger partial charge in [-0.3, -0.25) is 0 Å². The van der Waals surface area contributed by atoms with Crippen LogP contribution >= 0.6 is 0 Å². The molecule has 1 unspecified atom stereocenters. The van der Waals surface area contributed by atoms with E-state index in [2.05, 4.69) is 27.9 Å². The van der Waals surface area contributed by atoms with Crippen LogP contribution in [-0.2, 0) is 11.3 Å². The zero-order chi connectivity index (χ0) is 14.8. The molecule has 1 aromatic rings. The Morgan fingerprint density at radius 2 is 2.30 bits per heavy atom. The Balaban J connectivity index is 1.90. The van der Waals surface area contributed by atoms with Gasteiger partial charge in [-0.05, 0) is 46.1 Å². The third-order valence-corrected chi connectivity index (χ3v) is 3.22. The number of hydrogen-bond acceptors (Lipinski definition) is 3. The fourth-order valence-corrected chi connectivity index (χ4v) is 2.35. The van der Waals surface area contributed by atoms with Crippen LogP contribution < -0.4 is 5.32 Å². The van der Waals surface area contributed by atoms with Gasteiger partial charge in [0.05, 0.1) is 18.2 Å². The van der Waals surface area contributed by atoms with Crippen LogP contribution in [0.3, 0.4) is 0 Å². The third kappa shape index (κ3) is 3.62. The van der Waals surface area contributed by atoms with Crippen molar-refractivity contribution in [2.24, 2.45) is 0 Å². The highest BCUT2D eigenvalue weighted by Crippen LogP contribution is 2.28. The number of amides is 1. The highest BCUT2D eigenvalue weighted by Gasteiger charge is 2.24. The van der Waals surface area contributed by atoms with Crippen LogP contribution in [0.2, 0.25) is 0 Å². The summed E-state index contributed by atoms with van der Waals surface area (Å²) in [5.74, 6) is 0. The zero-order valence-electron chi connectivity index (χ0n) is 12.6. The molecule has 1 N–H and O–H groups in total. The van der Waals surface area contributed by atoms with E-state index in [9.17, 15) is 4.79 Å². The number of hydrogen-bond donors (Lipinski definition) is 1. The number of aryl methyl sites for hydroxylation is 1. The Labute approximate surface area is 120 Å². The molecule has 5 nitrogen and oxygen atoms in total. The van der Waals surface area contributed by atoms with Crippen molar-refractivity contribution < 1.29 is 9.53 Å². The highest BCUT2D eigenvalue weighted by molar-refractivity contribution is 5.71. The van der Waals surface area contributed by atoms with E-state index in [1.807, 2.05) is 33.3 Å². The molecular weight excluding hydrogens is 254 g/mol. The number of aromatic nitrogens is 2.